The molecule has 5 nitrogen and oxygen atoms in total. The van der Waals surface area contributed by atoms with E-state index in [1.165, 1.54) is 19.2 Å². The summed E-state index contributed by atoms with van der Waals surface area (Å²) < 4.78 is 72.5. The van der Waals surface area contributed by atoms with Gasteiger partial charge in [-0.2, -0.15) is 21.6 Å². The fourth-order valence-corrected chi connectivity index (χ4v) is 2.05. The lowest BCUT2D eigenvalue weighted by atomic mass is 10.3. The van der Waals surface area contributed by atoms with Crippen molar-refractivity contribution >= 4 is 10.1 Å². The van der Waals surface area contributed by atoms with Gasteiger partial charge in [-0.25, -0.2) is 0 Å². The Morgan fingerprint density at radius 3 is 2.20 bits per heavy atom. The average molecular weight is 314 g/mol. The van der Waals surface area contributed by atoms with Gasteiger partial charge >= 0.3 is 6.18 Å². The fraction of sp³-hybridized carbons (Fsp3) is 0.455. The van der Waals surface area contributed by atoms with Crippen LogP contribution >= 0.6 is 0 Å². The molecule has 0 aliphatic carbocycles. The first-order chi connectivity index (χ1) is 9.24. The molecule has 20 heavy (non-hydrogen) atoms. The van der Waals surface area contributed by atoms with E-state index in [0.717, 1.165) is 12.1 Å². The minimum Gasteiger partial charge on any atom is -0.491 e. The highest BCUT2D eigenvalue weighted by Gasteiger charge is 2.31. The molecule has 0 aliphatic rings. The van der Waals surface area contributed by atoms with Crippen molar-refractivity contribution in [1.29, 1.82) is 0 Å². The maximum absolute atomic E-state index is 11.9. The molecule has 0 amide bonds. The van der Waals surface area contributed by atoms with E-state index in [4.69, 9.17) is 9.47 Å². The topological polar surface area (TPSA) is 61.8 Å². The number of alkyl halides is 3. The second-order valence-electron chi connectivity index (χ2n) is 3.64. The van der Waals surface area contributed by atoms with Crippen molar-refractivity contribution in [3.63, 3.8) is 0 Å². The Hall–Kier alpha value is -1.32. The van der Waals surface area contributed by atoms with Gasteiger partial charge in [-0.15, -0.1) is 0 Å². The van der Waals surface area contributed by atoms with Crippen molar-refractivity contribution in [2.75, 3.05) is 26.9 Å². The summed E-state index contributed by atoms with van der Waals surface area (Å²) in [5, 5.41) is 0. The molecule has 114 valence electrons. The van der Waals surface area contributed by atoms with Gasteiger partial charge in [0, 0.05) is 7.11 Å². The van der Waals surface area contributed by atoms with Crippen molar-refractivity contribution in [2.24, 2.45) is 0 Å². The Labute approximate surface area is 114 Å². The van der Waals surface area contributed by atoms with E-state index in [9.17, 15) is 21.6 Å². The standard InChI is InChI=1S/C11H13F3O5S/c1-17-6-7-18-9-2-4-10(5-3-9)20(15,16)19-8-11(12,13)14/h2-5H,6-8H2,1H3. The van der Waals surface area contributed by atoms with E-state index in [1.54, 1.807) is 0 Å². The van der Waals surface area contributed by atoms with E-state index in [0.29, 0.717) is 12.4 Å². The molecule has 0 unspecified atom stereocenters. The molecule has 1 rings (SSSR count). The van der Waals surface area contributed by atoms with Crippen molar-refractivity contribution < 1.29 is 35.2 Å². The van der Waals surface area contributed by atoms with Crippen LogP contribution in [-0.4, -0.2) is 41.5 Å². The number of hydrogen-bond donors (Lipinski definition) is 0. The van der Waals surface area contributed by atoms with Crippen LogP contribution < -0.4 is 4.74 Å². The Bertz CT molecular complexity index is 510. The second-order valence-corrected chi connectivity index (χ2v) is 5.26. The van der Waals surface area contributed by atoms with Gasteiger partial charge in [-0.1, -0.05) is 0 Å². The molecule has 0 aromatic heterocycles. The smallest absolute Gasteiger partial charge is 0.413 e. The van der Waals surface area contributed by atoms with Crippen molar-refractivity contribution in [3.05, 3.63) is 24.3 Å². The molecule has 9 heteroatoms. The van der Waals surface area contributed by atoms with Crippen LogP contribution in [0.3, 0.4) is 0 Å². The molecular weight excluding hydrogens is 301 g/mol. The van der Waals surface area contributed by atoms with Gasteiger partial charge in [0.2, 0.25) is 0 Å². The molecule has 0 saturated heterocycles. The maximum atomic E-state index is 11.9. The Balaban J connectivity index is 2.67. The Morgan fingerprint density at radius 2 is 1.70 bits per heavy atom. The average Bonchev–Trinajstić information content (AvgIpc) is 2.37. The Morgan fingerprint density at radius 1 is 1.10 bits per heavy atom. The number of halogens is 3. The summed E-state index contributed by atoms with van der Waals surface area (Å²) in [5.74, 6) is 0.372. The summed E-state index contributed by atoms with van der Waals surface area (Å²) in [6.07, 6.45) is -4.71. The summed E-state index contributed by atoms with van der Waals surface area (Å²) in [7, 11) is -2.94. The number of methoxy groups -OCH3 is 1. The third-order valence-electron chi connectivity index (χ3n) is 2.05. The van der Waals surface area contributed by atoms with Crippen molar-refractivity contribution in [2.45, 2.75) is 11.1 Å². The van der Waals surface area contributed by atoms with Crippen LogP contribution in [0, 0.1) is 0 Å². The minimum atomic E-state index is -4.71. The monoisotopic (exact) mass is 314 g/mol. The molecular formula is C11H13F3O5S. The van der Waals surface area contributed by atoms with Crippen LogP contribution in [0.4, 0.5) is 13.2 Å². The number of benzene rings is 1. The predicted molar refractivity (Wildman–Crippen MR) is 63.0 cm³/mol. The van der Waals surface area contributed by atoms with Gasteiger partial charge < -0.3 is 9.47 Å². The lowest BCUT2D eigenvalue weighted by Gasteiger charge is -2.09. The van der Waals surface area contributed by atoms with Crippen LogP contribution in [0.5, 0.6) is 5.75 Å². The number of ether oxygens (including phenoxy) is 2. The number of rotatable bonds is 7. The predicted octanol–water partition coefficient (Wildman–Crippen LogP) is 1.98. The molecule has 0 spiro atoms. The summed E-state index contributed by atoms with van der Waals surface area (Å²) in [6, 6.07) is 4.85. The van der Waals surface area contributed by atoms with E-state index in [2.05, 4.69) is 4.18 Å². The summed E-state index contributed by atoms with van der Waals surface area (Å²) >= 11 is 0. The molecule has 0 saturated carbocycles. The zero-order chi connectivity index (χ0) is 15.2. The highest BCUT2D eigenvalue weighted by Crippen LogP contribution is 2.21. The van der Waals surface area contributed by atoms with Gasteiger partial charge in [-0.3, -0.25) is 4.18 Å². The molecule has 1 aromatic rings. The quantitative estimate of drug-likeness (QED) is 0.569. The lowest BCUT2D eigenvalue weighted by Crippen LogP contribution is -2.20. The summed E-state index contributed by atoms with van der Waals surface area (Å²) in [4.78, 5) is -0.374. The normalized spacial score (nSPS) is 12.4. The van der Waals surface area contributed by atoms with Crippen LogP contribution in [0.2, 0.25) is 0 Å². The van der Waals surface area contributed by atoms with Gasteiger partial charge in [-0.05, 0) is 24.3 Å². The third kappa shape index (κ3) is 5.76. The van der Waals surface area contributed by atoms with E-state index in [-0.39, 0.29) is 11.5 Å². The van der Waals surface area contributed by atoms with Crippen LogP contribution in [0.25, 0.3) is 0 Å². The first kappa shape index (κ1) is 16.7. The molecule has 0 N–H and O–H groups in total. The summed E-state index contributed by atoms with van der Waals surface area (Å²) in [5.41, 5.74) is 0. The van der Waals surface area contributed by atoms with E-state index in [1.807, 2.05) is 0 Å². The largest absolute Gasteiger partial charge is 0.491 e. The molecule has 0 atom stereocenters. The minimum absolute atomic E-state index is 0.271. The molecule has 0 radical (unpaired) electrons. The molecule has 0 aliphatic heterocycles. The SMILES string of the molecule is COCCOc1ccc(S(=O)(=O)OCC(F)(F)F)cc1. The highest BCUT2D eigenvalue weighted by molar-refractivity contribution is 7.86. The molecule has 0 fully saturated rings. The molecule has 0 heterocycles. The van der Waals surface area contributed by atoms with Gasteiger partial charge in [0.15, 0.2) is 6.61 Å². The van der Waals surface area contributed by atoms with Crippen molar-refractivity contribution in [1.82, 2.24) is 0 Å². The van der Waals surface area contributed by atoms with Gasteiger partial charge in [0.05, 0.1) is 11.5 Å². The highest BCUT2D eigenvalue weighted by atomic mass is 32.2. The lowest BCUT2D eigenvalue weighted by molar-refractivity contribution is -0.152. The van der Waals surface area contributed by atoms with Gasteiger partial charge in [0.25, 0.3) is 10.1 Å². The first-order valence-electron chi connectivity index (χ1n) is 5.42. The second kappa shape index (κ2) is 6.91. The van der Waals surface area contributed by atoms with E-state index >= 15 is 0 Å². The van der Waals surface area contributed by atoms with Crippen LogP contribution in [0.15, 0.2) is 29.2 Å². The summed E-state index contributed by atoms with van der Waals surface area (Å²) in [6.45, 7) is -1.23. The first-order valence-corrected chi connectivity index (χ1v) is 6.83. The zero-order valence-corrected chi connectivity index (χ0v) is 11.3. The van der Waals surface area contributed by atoms with Crippen LogP contribution in [0.1, 0.15) is 0 Å². The number of hydrogen-bond acceptors (Lipinski definition) is 5. The molecule has 1 aromatic carbocycles. The third-order valence-corrected chi connectivity index (χ3v) is 3.32. The van der Waals surface area contributed by atoms with Crippen molar-refractivity contribution in [3.8, 4) is 5.75 Å². The Kier molecular flexibility index (Phi) is 5.78. The zero-order valence-electron chi connectivity index (χ0n) is 10.5. The van der Waals surface area contributed by atoms with Gasteiger partial charge in [0.1, 0.15) is 12.4 Å². The fourth-order valence-electron chi connectivity index (χ4n) is 1.16. The molecule has 0 bridgehead atoms. The maximum Gasteiger partial charge on any atom is 0.413 e. The van der Waals surface area contributed by atoms with Crippen LogP contribution in [-0.2, 0) is 19.0 Å². The van der Waals surface area contributed by atoms with E-state index < -0.39 is 22.9 Å².